The highest BCUT2D eigenvalue weighted by Crippen LogP contribution is 2.41. The van der Waals surface area contributed by atoms with Gasteiger partial charge in [-0.25, -0.2) is 9.97 Å². The average molecular weight is 518 g/mol. The molecule has 0 saturated carbocycles. The number of nitrogens with zero attached hydrogens (tertiary/aromatic N) is 2. The van der Waals surface area contributed by atoms with Crippen molar-refractivity contribution < 1.29 is 30.9 Å². The highest BCUT2D eigenvalue weighted by Gasteiger charge is 2.33. The number of fused-ring (bicyclic) bond motifs is 1. The largest absolute Gasteiger partial charge is 0.416 e. The van der Waals surface area contributed by atoms with E-state index in [9.17, 15) is 30.9 Å². The maximum absolute atomic E-state index is 13.4. The Morgan fingerprint density at radius 2 is 1.69 bits per heavy atom. The van der Waals surface area contributed by atoms with Crippen LogP contribution >= 0.6 is 7.14 Å². The highest BCUT2D eigenvalue weighted by molar-refractivity contribution is 7.70. The standard InChI is InChI=1S/C23H25F6N4OP/c1-12-15(7-6-8-17(12)23(27,28)29)13(2)31-21-16-9-20(35(4,5)34)19(30-11-22(24,25)26)10-18(16)32-14(3)33-21/h6-10,13,30H,11H2,1-5H3,(H,31,32,33)/t13-/m1/s1. The second-order valence-electron chi connectivity index (χ2n) is 8.71. The predicted octanol–water partition coefficient (Wildman–Crippen LogP) is 6.66. The fourth-order valence-electron chi connectivity index (χ4n) is 3.89. The molecule has 1 aromatic heterocycles. The van der Waals surface area contributed by atoms with Crippen LogP contribution in [-0.4, -0.2) is 36.0 Å². The van der Waals surface area contributed by atoms with Crippen LogP contribution in [0.4, 0.5) is 37.8 Å². The Kier molecular flexibility index (Phi) is 7.14. The van der Waals surface area contributed by atoms with E-state index in [1.165, 1.54) is 38.5 Å². The van der Waals surface area contributed by atoms with Gasteiger partial charge in [-0.15, -0.1) is 0 Å². The van der Waals surface area contributed by atoms with E-state index in [2.05, 4.69) is 20.6 Å². The lowest BCUT2D eigenvalue weighted by Crippen LogP contribution is -2.24. The molecule has 35 heavy (non-hydrogen) atoms. The number of benzene rings is 2. The number of rotatable bonds is 6. The summed E-state index contributed by atoms with van der Waals surface area (Å²) in [6.45, 7) is 6.21. The zero-order valence-corrected chi connectivity index (χ0v) is 20.6. The summed E-state index contributed by atoms with van der Waals surface area (Å²) in [5.41, 5.74) is 0.0855. The van der Waals surface area contributed by atoms with Gasteiger partial charge in [0.25, 0.3) is 0 Å². The number of aromatic nitrogens is 2. The number of alkyl halides is 6. The van der Waals surface area contributed by atoms with Crippen molar-refractivity contribution in [3.8, 4) is 0 Å². The van der Waals surface area contributed by atoms with Gasteiger partial charge < -0.3 is 15.2 Å². The molecule has 0 aliphatic rings. The van der Waals surface area contributed by atoms with E-state index in [0.717, 1.165) is 6.07 Å². The number of aryl methyl sites for hydroxylation is 1. The Labute approximate surface area is 198 Å². The van der Waals surface area contributed by atoms with Crippen LogP contribution in [0.3, 0.4) is 0 Å². The number of anilines is 2. The minimum atomic E-state index is -4.50. The van der Waals surface area contributed by atoms with Gasteiger partial charge in [0.05, 0.1) is 17.1 Å². The smallest absolute Gasteiger partial charge is 0.376 e. The lowest BCUT2D eigenvalue weighted by Gasteiger charge is -2.22. The minimum Gasteiger partial charge on any atom is -0.376 e. The number of nitrogens with one attached hydrogen (secondary N) is 2. The Morgan fingerprint density at radius 3 is 2.26 bits per heavy atom. The molecule has 2 aromatic carbocycles. The summed E-state index contributed by atoms with van der Waals surface area (Å²) in [4.78, 5) is 8.67. The van der Waals surface area contributed by atoms with Crippen LogP contribution in [0.25, 0.3) is 10.9 Å². The fraction of sp³-hybridized carbons (Fsp3) is 0.391. The van der Waals surface area contributed by atoms with E-state index in [1.807, 2.05) is 0 Å². The molecule has 0 aliphatic carbocycles. The predicted molar refractivity (Wildman–Crippen MR) is 126 cm³/mol. The summed E-state index contributed by atoms with van der Waals surface area (Å²) in [6.07, 6.45) is -8.99. The van der Waals surface area contributed by atoms with E-state index in [0.29, 0.717) is 22.3 Å². The molecule has 0 bridgehead atoms. The lowest BCUT2D eigenvalue weighted by atomic mass is 9.97. The third-order valence-corrected chi connectivity index (χ3v) is 7.02. The molecule has 0 spiro atoms. The molecule has 190 valence electrons. The summed E-state index contributed by atoms with van der Waals surface area (Å²) in [7, 11) is -3.04. The SMILES string of the molecule is Cc1nc(N[C@H](C)c2cccc(C(F)(F)F)c2C)c2cc(P(C)(C)=O)c(NCC(F)(F)F)cc2n1. The highest BCUT2D eigenvalue weighted by atomic mass is 31.2. The molecule has 0 fully saturated rings. The van der Waals surface area contributed by atoms with Crippen LogP contribution in [0.2, 0.25) is 0 Å². The Hall–Kier alpha value is -2.81. The van der Waals surface area contributed by atoms with E-state index >= 15 is 0 Å². The van der Waals surface area contributed by atoms with E-state index in [1.54, 1.807) is 19.9 Å². The van der Waals surface area contributed by atoms with Gasteiger partial charge >= 0.3 is 12.4 Å². The molecular formula is C23H25F6N4OP. The van der Waals surface area contributed by atoms with Crippen molar-refractivity contribution in [2.75, 3.05) is 30.5 Å². The van der Waals surface area contributed by atoms with Crippen LogP contribution in [0, 0.1) is 13.8 Å². The van der Waals surface area contributed by atoms with Gasteiger partial charge in [0, 0.05) is 16.4 Å². The van der Waals surface area contributed by atoms with Crippen LogP contribution in [0.1, 0.15) is 35.5 Å². The molecule has 5 nitrogen and oxygen atoms in total. The van der Waals surface area contributed by atoms with Crippen LogP contribution in [0.15, 0.2) is 30.3 Å². The first-order valence-corrected chi connectivity index (χ1v) is 13.2. The molecule has 0 amide bonds. The van der Waals surface area contributed by atoms with Crippen LogP contribution < -0.4 is 15.9 Å². The minimum absolute atomic E-state index is 0.0500. The second-order valence-corrected chi connectivity index (χ2v) is 11.9. The van der Waals surface area contributed by atoms with Crippen molar-refractivity contribution >= 4 is 34.9 Å². The first-order chi connectivity index (χ1) is 16.0. The Bertz CT molecular complexity index is 1300. The number of hydrogen-bond acceptors (Lipinski definition) is 5. The summed E-state index contributed by atoms with van der Waals surface area (Å²) in [5, 5.41) is 5.99. The summed E-state index contributed by atoms with van der Waals surface area (Å²) < 4.78 is 91.5. The van der Waals surface area contributed by atoms with Gasteiger partial charge in [-0.05, 0) is 63.4 Å². The molecule has 12 heteroatoms. The molecule has 0 aliphatic heterocycles. The fourth-order valence-corrected chi connectivity index (χ4v) is 5.05. The molecule has 1 heterocycles. The molecule has 1 atom stereocenters. The quantitative estimate of drug-likeness (QED) is 0.282. The summed E-state index contributed by atoms with van der Waals surface area (Å²) >= 11 is 0. The van der Waals surface area contributed by atoms with Crippen molar-refractivity contribution in [2.24, 2.45) is 0 Å². The Morgan fingerprint density at radius 1 is 1.03 bits per heavy atom. The second kappa shape index (κ2) is 9.33. The topological polar surface area (TPSA) is 66.9 Å². The van der Waals surface area contributed by atoms with Gasteiger partial charge in [-0.1, -0.05) is 12.1 Å². The first kappa shape index (κ1) is 26.8. The van der Waals surface area contributed by atoms with Gasteiger partial charge in [0.2, 0.25) is 0 Å². The molecule has 3 rings (SSSR count). The molecule has 2 N–H and O–H groups in total. The van der Waals surface area contributed by atoms with Gasteiger partial charge in [0.15, 0.2) is 0 Å². The number of hydrogen-bond donors (Lipinski definition) is 2. The van der Waals surface area contributed by atoms with Gasteiger partial charge in [-0.2, -0.15) is 26.3 Å². The molecule has 0 unspecified atom stereocenters. The van der Waals surface area contributed by atoms with Crippen LogP contribution in [0.5, 0.6) is 0 Å². The summed E-state index contributed by atoms with van der Waals surface area (Å²) in [6, 6.07) is 6.18. The zero-order valence-electron chi connectivity index (χ0n) is 19.7. The third kappa shape index (κ3) is 6.25. The lowest BCUT2D eigenvalue weighted by molar-refractivity contribution is -0.138. The maximum atomic E-state index is 13.4. The normalized spacial score (nSPS) is 13.7. The third-order valence-electron chi connectivity index (χ3n) is 5.49. The molecule has 0 radical (unpaired) electrons. The van der Waals surface area contributed by atoms with Crippen molar-refractivity contribution in [3.63, 3.8) is 0 Å². The van der Waals surface area contributed by atoms with Crippen molar-refractivity contribution in [1.82, 2.24) is 9.97 Å². The molecule has 0 saturated heterocycles. The van der Waals surface area contributed by atoms with Gasteiger partial charge in [0.1, 0.15) is 25.3 Å². The maximum Gasteiger partial charge on any atom is 0.416 e. The van der Waals surface area contributed by atoms with Crippen molar-refractivity contribution in [1.29, 1.82) is 0 Å². The van der Waals surface area contributed by atoms with Crippen molar-refractivity contribution in [3.05, 3.63) is 52.8 Å². The Balaban J connectivity index is 2.11. The van der Waals surface area contributed by atoms with Crippen molar-refractivity contribution in [2.45, 2.75) is 39.2 Å². The molecule has 3 aromatic rings. The monoisotopic (exact) mass is 518 g/mol. The zero-order chi connectivity index (χ0) is 26.3. The number of halogens is 6. The van der Waals surface area contributed by atoms with Gasteiger partial charge in [-0.3, -0.25) is 0 Å². The van der Waals surface area contributed by atoms with Crippen LogP contribution in [-0.2, 0) is 10.7 Å². The average Bonchev–Trinajstić information content (AvgIpc) is 2.69. The summed E-state index contributed by atoms with van der Waals surface area (Å²) in [5.74, 6) is 0.576. The van der Waals surface area contributed by atoms with E-state index < -0.39 is 37.6 Å². The van der Waals surface area contributed by atoms with E-state index in [4.69, 9.17) is 0 Å². The van der Waals surface area contributed by atoms with E-state index in [-0.39, 0.29) is 22.4 Å². The molecular weight excluding hydrogens is 493 g/mol. The first-order valence-electron chi connectivity index (χ1n) is 10.6.